The van der Waals surface area contributed by atoms with E-state index in [1.54, 1.807) is 18.2 Å². The van der Waals surface area contributed by atoms with Crippen molar-refractivity contribution in [1.82, 2.24) is 5.32 Å². The molecule has 0 bridgehead atoms. The number of nitrogens with one attached hydrogen (secondary N) is 1. The number of thioether (sulfide) groups is 1. The molecule has 0 radical (unpaired) electrons. The van der Waals surface area contributed by atoms with E-state index in [1.165, 1.54) is 17.8 Å². The number of hydrogen-bond donors (Lipinski definition) is 1. The molecule has 20 heavy (non-hydrogen) atoms. The van der Waals surface area contributed by atoms with Crippen molar-refractivity contribution in [3.8, 4) is 0 Å². The van der Waals surface area contributed by atoms with E-state index in [4.69, 9.17) is 4.74 Å². The van der Waals surface area contributed by atoms with E-state index in [-0.39, 0.29) is 17.5 Å². The lowest BCUT2D eigenvalue weighted by atomic mass is 9.92. The fraction of sp³-hybridized carbons (Fsp3) is 0.429. The van der Waals surface area contributed by atoms with Crippen LogP contribution in [0.5, 0.6) is 0 Å². The van der Waals surface area contributed by atoms with Crippen molar-refractivity contribution in [3.63, 3.8) is 0 Å². The summed E-state index contributed by atoms with van der Waals surface area (Å²) in [6.45, 7) is 3.17. The summed E-state index contributed by atoms with van der Waals surface area (Å²) in [6, 6.07) is 6.27. The molecule has 2 atom stereocenters. The molecule has 6 heteroatoms. The van der Waals surface area contributed by atoms with Gasteiger partial charge in [-0.2, -0.15) is 0 Å². The minimum Gasteiger partial charge on any atom is -0.381 e. The Hall–Kier alpha value is -1.40. The summed E-state index contributed by atoms with van der Waals surface area (Å²) in [5.74, 6) is -0.304. The number of benzene rings is 1. The standard InChI is InChI=1S/C14H15FN2O2S/c1-14(9-6-7-19-8-9)12(18)17-13(20-14)16-11-5-3-2-4-10(11)15/h2-5,9H,6-8H2,1H3,(H,16,17,18). The molecule has 2 aliphatic heterocycles. The van der Waals surface area contributed by atoms with E-state index >= 15 is 0 Å². The summed E-state index contributed by atoms with van der Waals surface area (Å²) in [6.07, 6.45) is 0.865. The summed E-state index contributed by atoms with van der Waals surface area (Å²) in [4.78, 5) is 16.4. The van der Waals surface area contributed by atoms with Crippen LogP contribution in [0.15, 0.2) is 29.3 Å². The summed E-state index contributed by atoms with van der Waals surface area (Å²) in [7, 11) is 0. The van der Waals surface area contributed by atoms with Gasteiger partial charge >= 0.3 is 0 Å². The van der Waals surface area contributed by atoms with Crippen molar-refractivity contribution in [2.75, 3.05) is 13.2 Å². The smallest absolute Gasteiger partial charge is 0.242 e. The first-order valence-corrected chi connectivity index (χ1v) is 7.32. The van der Waals surface area contributed by atoms with E-state index in [2.05, 4.69) is 10.3 Å². The molecule has 0 spiro atoms. The Kier molecular flexibility index (Phi) is 3.52. The van der Waals surface area contributed by atoms with Crippen LogP contribution in [0.2, 0.25) is 0 Å². The van der Waals surface area contributed by atoms with Crippen LogP contribution in [0.25, 0.3) is 0 Å². The highest BCUT2D eigenvalue weighted by atomic mass is 32.2. The molecule has 2 heterocycles. The van der Waals surface area contributed by atoms with Gasteiger partial charge in [-0.15, -0.1) is 0 Å². The number of aliphatic imine (C=N–C) groups is 1. The topological polar surface area (TPSA) is 50.7 Å². The van der Waals surface area contributed by atoms with E-state index < -0.39 is 10.6 Å². The lowest BCUT2D eigenvalue weighted by Crippen LogP contribution is -2.40. The second kappa shape index (κ2) is 5.18. The fourth-order valence-electron chi connectivity index (χ4n) is 2.43. The van der Waals surface area contributed by atoms with E-state index in [0.29, 0.717) is 18.4 Å². The van der Waals surface area contributed by atoms with E-state index in [9.17, 15) is 9.18 Å². The van der Waals surface area contributed by atoms with E-state index in [0.717, 1.165) is 6.42 Å². The summed E-state index contributed by atoms with van der Waals surface area (Å²) >= 11 is 1.36. The molecule has 1 aromatic rings. The van der Waals surface area contributed by atoms with Crippen LogP contribution in [-0.4, -0.2) is 29.0 Å². The molecule has 106 valence electrons. The highest BCUT2D eigenvalue weighted by Crippen LogP contribution is 2.42. The largest absolute Gasteiger partial charge is 0.381 e. The Morgan fingerprint density at radius 2 is 2.30 bits per heavy atom. The molecule has 0 aromatic heterocycles. The first-order valence-electron chi connectivity index (χ1n) is 6.51. The van der Waals surface area contributed by atoms with Crippen LogP contribution in [0, 0.1) is 11.7 Å². The molecule has 1 amide bonds. The number of amides is 1. The van der Waals surface area contributed by atoms with Crippen molar-refractivity contribution >= 4 is 28.5 Å². The van der Waals surface area contributed by atoms with Crippen LogP contribution >= 0.6 is 11.8 Å². The molecule has 2 unspecified atom stereocenters. The number of halogens is 1. The first kappa shape index (κ1) is 13.6. The maximum absolute atomic E-state index is 13.6. The number of rotatable bonds is 2. The average molecular weight is 294 g/mol. The third kappa shape index (κ3) is 2.33. The molecule has 0 aliphatic carbocycles. The van der Waals surface area contributed by atoms with Gasteiger partial charge in [0.1, 0.15) is 16.3 Å². The fourth-order valence-corrected chi connectivity index (χ4v) is 3.62. The maximum Gasteiger partial charge on any atom is 0.242 e. The highest BCUT2D eigenvalue weighted by molar-refractivity contribution is 8.16. The normalized spacial score (nSPS) is 31.8. The van der Waals surface area contributed by atoms with Crippen molar-refractivity contribution in [1.29, 1.82) is 0 Å². The number of para-hydroxylation sites is 1. The zero-order valence-electron chi connectivity index (χ0n) is 11.1. The van der Waals surface area contributed by atoms with Gasteiger partial charge in [-0.3, -0.25) is 4.79 Å². The lowest BCUT2D eigenvalue weighted by Gasteiger charge is -2.24. The molecule has 2 saturated heterocycles. The van der Waals surface area contributed by atoms with Gasteiger partial charge in [-0.05, 0) is 25.5 Å². The Labute approximate surface area is 120 Å². The van der Waals surface area contributed by atoms with Crippen molar-refractivity contribution in [3.05, 3.63) is 30.1 Å². The summed E-state index contributed by atoms with van der Waals surface area (Å²) < 4.78 is 18.4. The van der Waals surface area contributed by atoms with Crippen LogP contribution in [0.1, 0.15) is 13.3 Å². The predicted molar refractivity (Wildman–Crippen MR) is 76.6 cm³/mol. The van der Waals surface area contributed by atoms with Crippen LogP contribution in [0.3, 0.4) is 0 Å². The molecule has 2 fully saturated rings. The SMILES string of the molecule is CC1(C2CCOC2)SC(=Nc2ccccc2F)NC1=O. The molecule has 1 N–H and O–H groups in total. The molecule has 0 saturated carbocycles. The van der Waals surface area contributed by atoms with Crippen molar-refractivity contribution in [2.24, 2.45) is 10.9 Å². The van der Waals surface area contributed by atoms with Gasteiger partial charge in [0.05, 0.1) is 6.61 Å². The predicted octanol–water partition coefficient (Wildman–Crippen LogP) is 2.47. The van der Waals surface area contributed by atoms with Crippen molar-refractivity contribution in [2.45, 2.75) is 18.1 Å². The van der Waals surface area contributed by atoms with Crippen LogP contribution in [0.4, 0.5) is 10.1 Å². The molecule has 2 aliphatic rings. The monoisotopic (exact) mass is 294 g/mol. The molecular formula is C14H15FN2O2S. The molecular weight excluding hydrogens is 279 g/mol. The number of carbonyl (C=O) groups is 1. The minimum absolute atomic E-state index is 0.0758. The number of carbonyl (C=O) groups excluding carboxylic acids is 1. The second-order valence-corrected chi connectivity index (χ2v) is 6.53. The zero-order valence-corrected chi connectivity index (χ0v) is 11.9. The number of amidine groups is 1. The van der Waals surface area contributed by atoms with Gasteiger partial charge in [-0.1, -0.05) is 23.9 Å². The second-order valence-electron chi connectivity index (χ2n) is 5.09. The quantitative estimate of drug-likeness (QED) is 0.911. The van der Waals surface area contributed by atoms with Gasteiger partial charge in [0.25, 0.3) is 0 Å². The minimum atomic E-state index is -0.583. The van der Waals surface area contributed by atoms with Crippen LogP contribution in [-0.2, 0) is 9.53 Å². The lowest BCUT2D eigenvalue weighted by molar-refractivity contribution is -0.122. The maximum atomic E-state index is 13.6. The highest BCUT2D eigenvalue weighted by Gasteiger charge is 2.49. The number of nitrogens with zero attached hydrogens (tertiary/aromatic N) is 1. The number of hydrogen-bond acceptors (Lipinski definition) is 4. The third-order valence-corrected chi connectivity index (χ3v) is 5.09. The summed E-state index contributed by atoms with van der Waals surface area (Å²) in [5, 5.41) is 3.20. The van der Waals surface area contributed by atoms with Gasteiger partial charge in [-0.25, -0.2) is 9.38 Å². The molecule has 1 aromatic carbocycles. The first-order chi connectivity index (χ1) is 9.59. The van der Waals surface area contributed by atoms with E-state index in [1.807, 2.05) is 6.92 Å². The summed E-state index contributed by atoms with van der Waals surface area (Å²) in [5.41, 5.74) is 0.238. The number of ether oxygens (including phenoxy) is 1. The average Bonchev–Trinajstić information content (AvgIpc) is 3.03. The van der Waals surface area contributed by atoms with Gasteiger partial charge in [0, 0.05) is 12.5 Å². The zero-order chi connectivity index (χ0) is 14.2. The van der Waals surface area contributed by atoms with Crippen LogP contribution < -0.4 is 5.32 Å². The molecule has 4 nitrogen and oxygen atoms in total. The van der Waals surface area contributed by atoms with Gasteiger partial charge in [0.2, 0.25) is 5.91 Å². The Morgan fingerprint density at radius 3 is 3.00 bits per heavy atom. The van der Waals surface area contributed by atoms with Gasteiger partial charge < -0.3 is 10.1 Å². The molecule has 3 rings (SSSR count). The Balaban J connectivity index is 1.84. The van der Waals surface area contributed by atoms with Crippen molar-refractivity contribution < 1.29 is 13.9 Å². The Bertz CT molecular complexity index is 572. The third-order valence-electron chi connectivity index (χ3n) is 3.76. The van der Waals surface area contributed by atoms with Gasteiger partial charge in [0.15, 0.2) is 5.17 Å². The Morgan fingerprint density at radius 1 is 1.50 bits per heavy atom.